The molecule has 1 aromatic rings. The van der Waals surface area contributed by atoms with Gasteiger partial charge in [0.05, 0.1) is 6.61 Å². The van der Waals surface area contributed by atoms with Gasteiger partial charge in [0.25, 0.3) is 0 Å². The molecular weight excluding hydrogens is 226 g/mol. The molecule has 2 rings (SSSR count). The summed E-state index contributed by atoms with van der Waals surface area (Å²) in [5.74, 6) is 0.832. The Bertz CT molecular complexity index is 392. The summed E-state index contributed by atoms with van der Waals surface area (Å²) in [6.45, 7) is 1.97. The highest BCUT2D eigenvalue weighted by atomic mass is 16.5. The average Bonchev–Trinajstić information content (AvgIpc) is 2.43. The Morgan fingerprint density at radius 1 is 1.28 bits per heavy atom. The van der Waals surface area contributed by atoms with Crippen LogP contribution in [0.5, 0.6) is 5.75 Å². The van der Waals surface area contributed by atoms with Crippen molar-refractivity contribution >= 4 is 0 Å². The van der Waals surface area contributed by atoms with E-state index in [4.69, 9.17) is 10.5 Å². The van der Waals surface area contributed by atoms with Gasteiger partial charge in [0, 0.05) is 6.04 Å². The number of fused-ring (bicyclic) bond motifs is 1. The predicted molar refractivity (Wildman–Crippen MR) is 72.9 cm³/mol. The van der Waals surface area contributed by atoms with Gasteiger partial charge in [-0.3, -0.25) is 0 Å². The fourth-order valence-corrected chi connectivity index (χ4v) is 2.48. The van der Waals surface area contributed by atoms with E-state index in [9.17, 15) is 5.11 Å². The molecule has 0 bridgehead atoms. The molecule has 0 heterocycles. The molecule has 3 nitrogen and oxygen atoms in total. The van der Waals surface area contributed by atoms with Gasteiger partial charge >= 0.3 is 0 Å². The number of aliphatic hydroxyl groups excluding tert-OH is 1. The lowest BCUT2D eigenvalue weighted by Crippen LogP contribution is -2.41. The van der Waals surface area contributed by atoms with Crippen molar-refractivity contribution in [3.8, 4) is 5.75 Å². The summed E-state index contributed by atoms with van der Waals surface area (Å²) in [6, 6.07) is 6.14. The molecule has 2 unspecified atom stereocenters. The third kappa shape index (κ3) is 3.03. The molecule has 18 heavy (non-hydrogen) atoms. The molecule has 3 N–H and O–H groups in total. The zero-order valence-electron chi connectivity index (χ0n) is 11.1. The number of nitrogens with two attached hydrogens (primary N) is 1. The largest absolute Gasteiger partial charge is 0.486 e. The van der Waals surface area contributed by atoms with Crippen LogP contribution < -0.4 is 10.5 Å². The van der Waals surface area contributed by atoms with Crippen LogP contribution in [-0.4, -0.2) is 23.9 Å². The highest BCUT2D eigenvalue weighted by molar-refractivity contribution is 5.37. The molecule has 0 saturated carbocycles. The smallest absolute Gasteiger partial charge is 0.137 e. The Labute approximate surface area is 109 Å². The fourth-order valence-electron chi connectivity index (χ4n) is 2.48. The summed E-state index contributed by atoms with van der Waals surface area (Å²) in [4.78, 5) is 0. The lowest BCUT2D eigenvalue weighted by Gasteiger charge is -2.23. The highest BCUT2D eigenvalue weighted by Crippen LogP contribution is 2.26. The van der Waals surface area contributed by atoms with E-state index >= 15 is 0 Å². The first-order valence-electron chi connectivity index (χ1n) is 6.89. The summed E-state index contributed by atoms with van der Waals surface area (Å²) >= 11 is 0. The number of benzene rings is 1. The van der Waals surface area contributed by atoms with Gasteiger partial charge < -0.3 is 15.6 Å². The van der Waals surface area contributed by atoms with Crippen molar-refractivity contribution in [2.75, 3.05) is 6.61 Å². The number of hydrogen-bond donors (Lipinski definition) is 2. The Morgan fingerprint density at radius 2 is 2.00 bits per heavy atom. The van der Waals surface area contributed by atoms with Crippen LogP contribution in [0.3, 0.4) is 0 Å². The number of aryl methyl sites for hydroxylation is 2. The molecule has 1 aromatic carbocycles. The fraction of sp³-hybridized carbons (Fsp3) is 0.600. The van der Waals surface area contributed by atoms with Gasteiger partial charge in [-0.1, -0.05) is 13.0 Å². The first-order valence-corrected chi connectivity index (χ1v) is 6.89. The van der Waals surface area contributed by atoms with Crippen LogP contribution >= 0.6 is 0 Å². The van der Waals surface area contributed by atoms with E-state index in [2.05, 4.69) is 12.1 Å². The lowest BCUT2D eigenvalue weighted by atomic mass is 9.92. The standard InChI is InChI=1S/C15H23NO2/c1-2-14(16)15(10-17)18-13-8-7-11-5-3-4-6-12(11)9-13/h7-9,14-15,17H,2-6,10,16H2,1H3. The van der Waals surface area contributed by atoms with Crippen molar-refractivity contribution in [3.63, 3.8) is 0 Å². The van der Waals surface area contributed by atoms with Crippen LogP contribution in [0.25, 0.3) is 0 Å². The Hall–Kier alpha value is -1.06. The lowest BCUT2D eigenvalue weighted by molar-refractivity contribution is 0.0931. The zero-order valence-corrected chi connectivity index (χ0v) is 11.1. The van der Waals surface area contributed by atoms with Crippen molar-refractivity contribution in [3.05, 3.63) is 29.3 Å². The van der Waals surface area contributed by atoms with Gasteiger partial charge in [-0.15, -0.1) is 0 Å². The summed E-state index contributed by atoms with van der Waals surface area (Å²) in [7, 11) is 0. The molecule has 0 fully saturated rings. The molecular formula is C15H23NO2. The quantitative estimate of drug-likeness (QED) is 0.839. The molecule has 1 aliphatic rings. The minimum Gasteiger partial charge on any atom is -0.486 e. The van der Waals surface area contributed by atoms with Crippen molar-refractivity contribution in [2.24, 2.45) is 5.73 Å². The third-order valence-electron chi connectivity index (χ3n) is 3.74. The minimum atomic E-state index is -0.309. The Balaban J connectivity index is 2.09. The normalized spacial score (nSPS) is 17.9. The SMILES string of the molecule is CCC(N)C(CO)Oc1ccc2c(c1)CCCC2. The Kier molecular flexibility index (Phi) is 4.61. The highest BCUT2D eigenvalue weighted by Gasteiger charge is 2.18. The molecule has 1 aliphatic carbocycles. The van der Waals surface area contributed by atoms with Crippen LogP contribution in [0, 0.1) is 0 Å². The molecule has 0 spiro atoms. The van der Waals surface area contributed by atoms with E-state index in [-0.39, 0.29) is 18.8 Å². The molecule has 100 valence electrons. The van der Waals surface area contributed by atoms with Gasteiger partial charge in [-0.25, -0.2) is 0 Å². The second kappa shape index (κ2) is 6.21. The summed E-state index contributed by atoms with van der Waals surface area (Å²) < 4.78 is 5.81. The van der Waals surface area contributed by atoms with Crippen LogP contribution in [0.15, 0.2) is 18.2 Å². The molecule has 0 radical (unpaired) electrons. The van der Waals surface area contributed by atoms with Crippen LogP contribution in [0.1, 0.15) is 37.3 Å². The van der Waals surface area contributed by atoms with E-state index in [0.29, 0.717) is 0 Å². The second-order valence-corrected chi connectivity index (χ2v) is 5.05. The van der Waals surface area contributed by atoms with Crippen molar-refractivity contribution in [1.82, 2.24) is 0 Å². The van der Waals surface area contributed by atoms with E-state index in [0.717, 1.165) is 18.6 Å². The van der Waals surface area contributed by atoms with Crippen LogP contribution in [-0.2, 0) is 12.8 Å². The molecule has 2 atom stereocenters. The van der Waals surface area contributed by atoms with Crippen LogP contribution in [0.4, 0.5) is 0 Å². The van der Waals surface area contributed by atoms with E-state index in [1.807, 2.05) is 13.0 Å². The first kappa shape index (κ1) is 13.4. The zero-order chi connectivity index (χ0) is 13.0. The molecule has 0 aliphatic heterocycles. The monoisotopic (exact) mass is 249 g/mol. The van der Waals surface area contributed by atoms with Crippen molar-refractivity contribution in [2.45, 2.75) is 51.2 Å². The van der Waals surface area contributed by atoms with E-state index < -0.39 is 0 Å². The van der Waals surface area contributed by atoms with Crippen molar-refractivity contribution in [1.29, 1.82) is 0 Å². The maximum absolute atomic E-state index is 9.32. The Morgan fingerprint density at radius 3 is 2.67 bits per heavy atom. The summed E-state index contributed by atoms with van der Waals surface area (Å²) in [6.07, 6.45) is 5.35. The first-order chi connectivity index (χ1) is 8.74. The van der Waals surface area contributed by atoms with Gasteiger partial charge in [-0.2, -0.15) is 0 Å². The van der Waals surface area contributed by atoms with Crippen molar-refractivity contribution < 1.29 is 9.84 Å². The van der Waals surface area contributed by atoms with E-state index in [1.54, 1.807) is 0 Å². The summed E-state index contributed by atoms with van der Waals surface area (Å²) in [5.41, 5.74) is 8.76. The maximum Gasteiger partial charge on any atom is 0.137 e. The van der Waals surface area contributed by atoms with Gasteiger partial charge in [0.15, 0.2) is 0 Å². The minimum absolute atomic E-state index is 0.0356. The average molecular weight is 249 g/mol. The number of hydrogen-bond acceptors (Lipinski definition) is 3. The van der Waals surface area contributed by atoms with Gasteiger partial charge in [0.1, 0.15) is 11.9 Å². The molecule has 0 aromatic heterocycles. The second-order valence-electron chi connectivity index (χ2n) is 5.05. The topological polar surface area (TPSA) is 55.5 Å². The number of ether oxygens (including phenoxy) is 1. The van der Waals surface area contributed by atoms with Gasteiger partial charge in [-0.05, 0) is 55.4 Å². The molecule has 0 amide bonds. The van der Waals surface area contributed by atoms with Crippen LogP contribution in [0.2, 0.25) is 0 Å². The van der Waals surface area contributed by atoms with Gasteiger partial charge in [0.2, 0.25) is 0 Å². The third-order valence-corrected chi connectivity index (χ3v) is 3.74. The number of rotatable bonds is 5. The molecule has 0 saturated heterocycles. The molecule has 3 heteroatoms. The predicted octanol–water partition coefficient (Wildman–Crippen LogP) is 2.04. The maximum atomic E-state index is 9.32. The van der Waals surface area contributed by atoms with E-state index in [1.165, 1.54) is 30.4 Å². The number of aliphatic hydroxyl groups is 1. The summed E-state index contributed by atoms with van der Waals surface area (Å²) in [5, 5.41) is 9.32.